The third-order valence-corrected chi connectivity index (χ3v) is 4.47. The molecule has 0 saturated carbocycles. The van der Waals surface area contributed by atoms with Crippen LogP contribution in [0.3, 0.4) is 0 Å². The van der Waals surface area contributed by atoms with Crippen LogP contribution in [0.5, 0.6) is 0 Å². The Morgan fingerprint density at radius 3 is 2.52 bits per heavy atom. The van der Waals surface area contributed by atoms with Crippen LogP contribution in [-0.2, 0) is 6.54 Å². The molecule has 0 aliphatic carbocycles. The molecule has 3 aromatic rings. The first-order valence-corrected chi connectivity index (χ1v) is 8.76. The Kier molecular flexibility index (Phi) is 5.88. The van der Waals surface area contributed by atoms with Crippen molar-refractivity contribution in [2.75, 3.05) is 0 Å². The van der Waals surface area contributed by atoms with E-state index >= 15 is 0 Å². The highest BCUT2D eigenvalue weighted by Gasteiger charge is 2.12. The van der Waals surface area contributed by atoms with E-state index in [0.717, 1.165) is 5.56 Å². The molecule has 0 spiro atoms. The number of nitrogens with one attached hydrogen (secondary N) is 1. The maximum absolute atomic E-state index is 13.0. The number of carbonyl (C=O) groups is 1. The van der Waals surface area contributed by atoms with E-state index in [1.807, 2.05) is 0 Å². The average molecular weight is 405 g/mol. The van der Waals surface area contributed by atoms with Crippen LogP contribution in [0, 0.1) is 12.7 Å². The summed E-state index contributed by atoms with van der Waals surface area (Å²) in [6, 6.07) is 12.6. The van der Waals surface area contributed by atoms with Gasteiger partial charge in [-0.25, -0.2) is 14.5 Å². The van der Waals surface area contributed by atoms with Gasteiger partial charge in [0.15, 0.2) is 0 Å². The van der Waals surface area contributed by atoms with Crippen LogP contribution in [0.2, 0.25) is 10.2 Å². The van der Waals surface area contributed by atoms with E-state index in [9.17, 15) is 9.18 Å². The first-order chi connectivity index (χ1) is 12.9. The number of carbonyl (C=O) groups excluding carboxylic acids is 1. The van der Waals surface area contributed by atoms with Gasteiger partial charge in [-0.05, 0) is 48.9 Å². The highest BCUT2D eigenvalue weighted by Crippen LogP contribution is 2.19. The molecule has 138 valence electrons. The van der Waals surface area contributed by atoms with Crippen LogP contribution in [-0.4, -0.2) is 21.9 Å². The van der Waals surface area contributed by atoms with E-state index in [2.05, 4.69) is 15.6 Å². The highest BCUT2D eigenvalue weighted by atomic mass is 35.5. The zero-order valence-corrected chi connectivity index (χ0v) is 15.8. The zero-order chi connectivity index (χ0) is 19.4. The number of hydrogen-bond donors (Lipinski definition) is 1. The zero-order valence-electron chi connectivity index (χ0n) is 14.3. The third kappa shape index (κ3) is 4.72. The molecular weight excluding hydrogens is 390 g/mol. The summed E-state index contributed by atoms with van der Waals surface area (Å²) in [7, 11) is 0. The van der Waals surface area contributed by atoms with Gasteiger partial charge in [-0.1, -0.05) is 35.3 Å². The van der Waals surface area contributed by atoms with E-state index in [1.165, 1.54) is 18.3 Å². The molecule has 8 heteroatoms. The van der Waals surface area contributed by atoms with Crippen molar-refractivity contribution in [1.82, 2.24) is 15.2 Å². The van der Waals surface area contributed by atoms with Crippen LogP contribution in [0.4, 0.5) is 4.39 Å². The van der Waals surface area contributed by atoms with Crippen LogP contribution < -0.4 is 5.43 Å². The third-order valence-electron chi connectivity index (χ3n) is 3.82. The summed E-state index contributed by atoms with van der Waals surface area (Å²) in [6.07, 6.45) is 1.44. The molecule has 27 heavy (non-hydrogen) atoms. The molecule has 0 saturated heterocycles. The number of benzene rings is 2. The Hall–Kier alpha value is -2.70. The highest BCUT2D eigenvalue weighted by molar-refractivity contribution is 6.32. The van der Waals surface area contributed by atoms with Gasteiger partial charge < -0.3 is 0 Å². The van der Waals surface area contributed by atoms with Crippen LogP contribution in [0.15, 0.2) is 53.6 Å². The number of rotatable bonds is 5. The molecule has 0 aliphatic heterocycles. The van der Waals surface area contributed by atoms with E-state index in [4.69, 9.17) is 23.2 Å². The van der Waals surface area contributed by atoms with Crippen molar-refractivity contribution in [3.8, 4) is 0 Å². The molecule has 5 nitrogen and oxygen atoms in total. The second-order valence-electron chi connectivity index (χ2n) is 5.78. The van der Waals surface area contributed by atoms with Crippen LogP contribution in [0.25, 0.3) is 0 Å². The minimum Gasteiger partial charge on any atom is -0.267 e. The van der Waals surface area contributed by atoms with E-state index in [0.29, 0.717) is 33.5 Å². The number of hydrazone groups is 1. The van der Waals surface area contributed by atoms with Crippen molar-refractivity contribution in [1.29, 1.82) is 0 Å². The van der Waals surface area contributed by atoms with Crippen molar-refractivity contribution in [2.24, 2.45) is 5.10 Å². The lowest BCUT2D eigenvalue weighted by Gasteiger charge is -2.03. The van der Waals surface area contributed by atoms with Crippen LogP contribution >= 0.6 is 23.2 Å². The Morgan fingerprint density at radius 2 is 1.85 bits per heavy atom. The lowest BCUT2D eigenvalue weighted by atomic mass is 10.2. The van der Waals surface area contributed by atoms with Gasteiger partial charge in [0.25, 0.3) is 5.91 Å². The van der Waals surface area contributed by atoms with Gasteiger partial charge in [0.2, 0.25) is 0 Å². The summed E-state index contributed by atoms with van der Waals surface area (Å²) in [5.74, 6) is -0.666. The summed E-state index contributed by atoms with van der Waals surface area (Å²) in [5.41, 5.74) is 4.99. The summed E-state index contributed by atoms with van der Waals surface area (Å²) in [5, 5.41) is 9.24. The monoisotopic (exact) mass is 404 g/mol. The number of halogens is 3. The van der Waals surface area contributed by atoms with Gasteiger partial charge in [0.05, 0.1) is 24.0 Å². The standard InChI is InChI=1S/C19H15Cl2FN4O/c1-12-17(10-23-24-19(27)14-4-6-15(20)7-5-14)18(21)26(25-12)11-13-2-8-16(22)9-3-13/h2-10H,11H2,1H3,(H,24,27)/b23-10-. The Morgan fingerprint density at radius 1 is 1.19 bits per heavy atom. The fourth-order valence-corrected chi connectivity index (χ4v) is 2.81. The molecule has 1 aromatic heterocycles. The Bertz CT molecular complexity index is 982. The molecule has 0 radical (unpaired) electrons. The SMILES string of the molecule is Cc1nn(Cc2ccc(F)cc2)c(Cl)c1/C=N\NC(=O)c1ccc(Cl)cc1. The molecule has 1 amide bonds. The molecule has 0 unspecified atom stereocenters. The van der Waals surface area contributed by atoms with Crippen molar-refractivity contribution >= 4 is 35.3 Å². The van der Waals surface area contributed by atoms with Crippen LogP contribution in [0.1, 0.15) is 27.2 Å². The second-order valence-corrected chi connectivity index (χ2v) is 6.57. The van der Waals surface area contributed by atoms with Crippen molar-refractivity contribution < 1.29 is 9.18 Å². The molecule has 1 N–H and O–H groups in total. The minimum absolute atomic E-state index is 0.300. The Labute approximate surface area is 165 Å². The summed E-state index contributed by atoms with van der Waals surface area (Å²) in [6.45, 7) is 2.18. The summed E-state index contributed by atoms with van der Waals surface area (Å²) in [4.78, 5) is 12.0. The fraction of sp³-hybridized carbons (Fsp3) is 0.105. The quantitative estimate of drug-likeness (QED) is 0.504. The molecular formula is C19H15Cl2FN4O. The van der Waals surface area contributed by atoms with Gasteiger partial charge in [0, 0.05) is 10.6 Å². The molecule has 0 atom stereocenters. The predicted molar refractivity (Wildman–Crippen MR) is 104 cm³/mol. The fourth-order valence-electron chi connectivity index (χ4n) is 2.40. The van der Waals surface area contributed by atoms with E-state index in [-0.39, 0.29) is 11.7 Å². The normalized spacial score (nSPS) is 11.1. The smallest absolute Gasteiger partial charge is 0.267 e. The predicted octanol–water partition coefficient (Wildman–Crippen LogP) is 4.45. The number of aryl methyl sites for hydroxylation is 1. The molecule has 2 aromatic carbocycles. The van der Waals surface area contributed by atoms with Gasteiger partial charge in [-0.15, -0.1) is 0 Å². The molecule has 0 aliphatic rings. The lowest BCUT2D eigenvalue weighted by molar-refractivity contribution is 0.0955. The van der Waals surface area contributed by atoms with Gasteiger partial charge in [-0.2, -0.15) is 10.2 Å². The van der Waals surface area contributed by atoms with Crippen molar-refractivity contribution in [2.45, 2.75) is 13.5 Å². The number of aromatic nitrogens is 2. The first-order valence-electron chi connectivity index (χ1n) is 8.00. The lowest BCUT2D eigenvalue weighted by Crippen LogP contribution is -2.17. The van der Waals surface area contributed by atoms with E-state index < -0.39 is 0 Å². The van der Waals surface area contributed by atoms with Gasteiger partial charge >= 0.3 is 0 Å². The average Bonchev–Trinajstić information content (AvgIpc) is 2.91. The molecule has 3 rings (SSSR count). The van der Waals surface area contributed by atoms with Gasteiger partial charge in [-0.3, -0.25) is 4.79 Å². The topological polar surface area (TPSA) is 59.3 Å². The summed E-state index contributed by atoms with van der Waals surface area (Å²) < 4.78 is 14.6. The summed E-state index contributed by atoms with van der Waals surface area (Å²) >= 11 is 12.2. The van der Waals surface area contributed by atoms with Crippen molar-refractivity contribution in [3.63, 3.8) is 0 Å². The van der Waals surface area contributed by atoms with Crippen molar-refractivity contribution in [3.05, 3.63) is 86.9 Å². The second kappa shape index (κ2) is 8.33. The number of hydrogen-bond acceptors (Lipinski definition) is 3. The van der Waals surface area contributed by atoms with Gasteiger partial charge in [0.1, 0.15) is 11.0 Å². The molecule has 0 bridgehead atoms. The van der Waals surface area contributed by atoms with E-state index in [1.54, 1.807) is 48.0 Å². The largest absolute Gasteiger partial charge is 0.271 e. The molecule has 1 heterocycles. The minimum atomic E-state index is -0.365. The Balaban J connectivity index is 1.70. The number of amides is 1. The first kappa shape index (κ1) is 19.1. The maximum atomic E-state index is 13.0. The molecule has 0 fully saturated rings. The number of nitrogens with zero attached hydrogens (tertiary/aromatic N) is 3. The maximum Gasteiger partial charge on any atom is 0.271 e.